The van der Waals surface area contributed by atoms with Crippen molar-refractivity contribution in [2.45, 2.75) is 32.6 Å². The van der Waals surface area contributed by atoms with E-state index in [-0.39, 0.29) is 6.03 Å². The summed E-state index contributed by atoms with van der Waals surface area (Å²) in [6.45, 7) is 10.0. The Morgan fingerprint density at radius 3 is 2.29 bits per heavy atom. The van der Waals surface area contributed by atoms with Gasteiger partial charge in [-0.1, -0.05) is 19.9 Å². The molecule has 1 fully saturated rings. The number of piperazine rings is 1. The standard InChI is InChI=1S/C17H27N3O3S/c1-13(2)12-18-17(21)19-7-9-20(10-8-19)24(22,23)16-6-5-14(3)15(4)11-16/h5-6,11,13H,7-10,12H2,1-4H3,(H,18,21). The van der Waals surface area contributed by atoms with Crippen LogP contribution >= 0.6 is 0 Å². The average molecular weight is 353 g/mol. The molecule has 1 heterocycles. The highest BCUT2D eigenvalue weighted by atomic mass is 32.2. The van der Waals surface area contributed by atoms with Crippen LogP contribution in [0, 0.1) is 19.8 Å². The van der Waals surface area contributed by atoms with E-state index in [0.717, 1.165) is 11.1 Å². The maximum Gasteiger partial charge on any atom is 0.317 e. The fourth-order valence-electron chi connectivity index (χ4n) is 2.56. The first kappa shape index (κ1) is 18.7. The summed E-state index contributed by atoms with van der Waals surface area (Å²) in [6.07, 6.45) is 0. The van der Waals surface area contributed by atoms with Crippen LogP contribution < -0.4 is 5.32 Å². The molecule has 1 saturated heterocycles. The van der Waals surface area contributed by atoms with Crippen LogP contribution in [0.3, 0.4) is 0 Å². The number of rotatable bonds is 4. The minimum atomic E-state index is -3.50. The van der Waals surface area contributed by atoms with Crippen molar-refractivity contribution in [2.75, 3.05) is 32.7 Å². The van der Waals surface area contributed by atoms with Crippen molar-refractivity contribution in [1.29, 1.82) is 0 Å². The van der Waals surface area contributed by atoms with Gasteiger partial charge in [0.2, 0.25) is 10.0 Å². The first-order valence-electron chi connectivity index (χ1n) is 8.32. The van der Waals surface area contributed by atoms with E-state index in [1.807, 2.05) is 33.8 Å². The molecule has 2 rings (SSSR count). The Kier molecular flexibility index (Phi) is 5.87. The molecule has 1 aliphatic heterocycles. The van der Waals surface area contributed by atoms with Gasteiger partial charge >= 0.3 is 6.03 Å². The summed E-state index contributed by atoms with van der Waals surface area (Å²) in [5, 5.41) is 2.87. The number of aryl methyl sites for hydroxylation is 2. The molecular weight excluding hydrogens is 326 g/mol. The lowest BCUT2D eigenvalue weighted by molar-refractivity contribution is 0.171. The summed E-state index contributed by atoms with van der Waals surface area (Å²) in [7, 11) is -3.50. The molecule has 134 valence electrons. The van der Waals surface area contributed by atoms with Gasteiger partial charge in [0.15, 0.2) is 0 Å². The van der Waals surface area contributed by atoms with Gasteiger partial charge in [0, 0.05) is 32.7 Å². The second-order valence-corrected chi connectivity index (χ2v) is 8.66. The molecule has 0 spiro atoms. The number of sulfonamides is 1. The van der Waals surface area contributed by atoms with Crippen LogP contribution in [-0.4, -0.2) is 56.4 Å². The number of hydrogen-bond donors (Lipinski definition) is 1. The third kappa shape index (κ3) is 4.27. The molecule has 7 heteroatoms. The maximum absolute atomic E-state index is 12.7. The lowest BCUT2D eigenvalue weighted by Gasteiger charge is -2.34. The van der Waals surface area contributed by atoms with Gasteiger partial charge in [-0.15, -0.1) is 0 Å². The van der Waals surface area contributed by atoms with Gasteiger partial charge in [-0.2, -0.15) is 4.31 Å². The molecule has 0 atom stereocenters. The minimum absolute atomic E-state index is 0.119. The second kappa shape index (κ2) is 7.53. The van der Waals surface area contributed by atoms with Crippen LogP contribution in [-0.2, 0) is 10.0 Å². The maximum atomic E-state index is 12.7. The summed E-state index contributed by atoms with van der Waals surface area (Å²) >= 11 is 0. The van der Waals surface area contributed by atoms with Crippen LogP contribution in [0.5, 0.6) is 0 Å². The Morgan fingerprint density at radius 2 is 1.75 bits per heavy atom. The molecule has 2 amide bonds. The number of amides is 2. The normalized spacial score (nSPS) is 16.5. The largest absolute Gasteiger partial charge is 0.338 e. The van der Waals surface area contributed by atoms with Crippen LogP contribution in [0.4, 0.5) is 4.79 Å². The van der Waals surface area contributed by atoms with Crippen molar-refractivity contribution >= 4 is 16.1 Å². The lowest BCUT2D eigenvalue weighted by Crippen LogP contribution is -2.53. The lowest BCUT2D eigenvalue weighted by atomic mass is 10.1. The van der Waals surface area contributed by atoms with Crippen molar-refractivity contribution in [1.82, 2.24) is 14.5 Å². The van der Waals surface area contributed by atoms with Crippen molar-refractivity contribution in [2.24, 2.45) is 5.92 Å². The molecule has 0 unspecified atom stereocenters. The summed E-state index contributed by atoms with van der Waals surface area (Å²) in [6, 6.07) is 5.08. The molecule has 0 saturated carbocycles. The van der Waals surface area contributed by atoms with E-state index in [9.17, 15) is 13.2 Å². The number of carbonyl (C=O) groups excluding carboxylic acids is 1. The molecule has 0 radical (unpaired) electrons. The Labute approximate surface area is 144 Å². The SMILES string of the molecule is Cc1ccc(S(=O)(=O)N2CCN(C(=O)NCC(C)C)CC2)cc1C. The topological polar surface area (TPSA) is 69.7 Å². The smallest absolute Gasteiger partial charge is 0.317 e. The molecule has 0 bridgehead atoms. The van der Waals surface area contributed by atoms with Crippen molar-refractivity contribution in [3.63, 3.8) is 0 Å². The average Bonchev–Trinajstić information content (AvgIpc) is 2.55. The number of nitrogens with one attached hydrogen (secondary N) is 1. The zero-order valence-electron chi connectivity index (χ0n) is 14.9. The first-order chi connectivity index (χ1) is 11.2. The van der Waals surface area contributed by atoms with Gasteiger partial charge in [0.25, 0.3) is 0 Å². The Balaban J connectivity index is 2.00. The monoisotopic (exact) mass is 353 g/mol. The fourth-order valence-corrected chi connectivity index (χ4v) is 4.07. The summed E-state index contributed by atoms with van der Waals surface area (Å²) in [4.78, 5) is 14.1. The van der Waals surface area contributed by atoms with Gasteiger partial charge < -0.3 is 10.2 Å². The summed E-state index contributed by atoms with van der Waals surface area (Å²) in [5.41, 5.74) is 2.03. The number of nitrogens with zero attached hydrogens (tertiary/aromatic N) is 2. The molecule has 24 heavy (non-hydrogen) atoms. The van der Waals surface area contributed by atoms with Crippen LogP contribution in [0.1, 0.15) is 25.0 Å². The van der Waals surface area contributed by atoms with E-state index in [4.69, 9.17) is 0 Å². The van der Waals surface area contributed by atoms with Gasteiger partial charge in [0.05, 0.1) is 4.90 Å². The third-order valence-electron chi connectivity index (χ3n) is 4.30. The Hall–Kier alpha value is -1.60. The summed E-state index contributed by atoms with van der Waals surface area (Å²) in [5.74, 6) is 0.389. The minimum Gasteiger partial charge on any atom is -0.338 e. The van der Waals surface area contributed by atoms with Gasteiger partial charge in [-0.25, -0.2) is 13.2 Å². The van der Waals surface area contributed by atoms with Crippen molar-refractivity contribution in [3.05, 3.63) is 29.3 Å². The van der Waals surface area contributed by atoms with Gasteiger partial charge in [-0.05, 0) is 43.0 Å². The Morgan fingerprint density at radius 1 is 1.12 bits per heavy atom. The number of carbonyl (C=O) groups is 1. The molecule has 1 aromatic rings. The van der Waals surface area contributed by atoms with E-state index in [1.54, 1.807) is 17.0 Å². The van der Waals surface area contributed by atoms with E-state index < -0.39 is 10.0 Å². The summed E-state index contributed by atoms with van der Waals surface area (Å²) < 4.78 is 27.0. The van der Waals surface area contributed by atoms with E-state index in [0.29, 0.717) is 43.5 Å². The predicted molar refractivity (Wildman–Crippen MR) is 94.5 cm³/mol. The number of benzene rings is 1. The van der Waals surface area contributed by atoms with Crippen molar-refractivity contribution in [3.8, 4) is 0 Å². The van der Waals surface area contributed by atoms with Crippen LogP contribution in [0.25, 0.3) is 0 Å². The zero-order chi connectivity index (χ0) is 17.9. The number of urea groups is 1. The quantitative estimate of drug-likeness (QED) is 0.900. The molecule has 1 N–H and O–H groups in total. The molecule has 6 nitrogen and oxygen atoms in total. The molecular formula is C17H27N3O3S. The Bertz CT molecular complexity index is 693. The van der Waals surface area contributed by atoms with Gasteiger partial charge in [0.1, 0.15) is 0 Å². The van der Waals surface area contributed by atoms with E-state index in [2.05, 4.69) is 5.32 Å². The predicted octanol–water partition coefficient (Wildman–Crippen LogP) is 1.98. The molecule has 0 aliphatic carbocycles. The highest BCUT2D eigenvalue weighted by Crippen LogP contribution is 2.20. The molecule has 1 aromatic carbocycles. The van der Waals surface area contributed by atoms with Crippen LogP contribution in [0.2, 0.25) is 0 Å². The molecule has 0 aromatic heterocycles. The zero-order valence-corrected chi connectivity index (χ0v) is 15.7. The third-order valence-corrected chi connectivity index (χ3v) is 6.20. The second-order valence-electron chi connectivity index (χ2n) is 6.72. The van der Waals surface area contributed by atoms with E-state index >= 15 is 0 Å². The number of hydrogen-bond acceptors (Lipinski definition) is 3. The van der Waals surface area contributed by atoms with Crippen LogP contribution in [0.15, 0.2) is 23.1 Å². The highest BCUT2D eigenvalue weighted by Gasteiger charge is 2.30. The first-order valence-corrected chi connectivity index (χ1v) is 9.76. The highest BCUT2D eigenvalue weighted by molar-refractivity contribution is 7.89. The molecule has 1 aliphatic rings. The van der Waals surface area contributed by atoms with Gasteiger partial charge in [-0.3, -0.25) is 0 Å². The van der Waals surface area contributed by atoms with E-state index in [1.165, 1.54) is 4.31 Å². The van der Waals surface area contributed by atoms with Crippen molar-refractivity contribution < 1.29 is 13.2 Å². The fraction of sp³-hybridized carbons (Fsp3) is 0.588.